The fraction of sp³-hybridized carbons (Fsp3) is 0.872. The van der Waals surface area contributed by atoms with Gasteiger partial charge in [-0.05, 0) is 87.8 Å². The van der Waals surface area contributed by atoms with Crippen molar-refractivity contribution in [3.63, 3.8) is 0 Å². The summed E-state index contributed by atoms with van der Waals surface area (Å²) in [5, 5.41) is 106. The van der Waals surface area contributed by atoms with Crippen molar-refractivity contribution >= 4 is 0 Å². The largest absolute Gasteiger partial charge is 0.487 e. The van der Waals surface area contributed by atoms with Crippen molar-refractivity contribution in [2.75, 3.05) is 19.8 Å². The van der Waals surface area contributed by atoms with Gasteiger partial charge in [-0.15, -0.1) is 0 Å². The zero-order valence-electron chi connectivity index (χ0n) is 39.1. The van der Waals surface area contributed by atoms with E-state index in [1.54, 1.807) is 0 Å². The van der Waals surface area contributed by atoms with Gasteiger partial charge >= 0.3 is 0 Å². The van der Waals surface area contributed by atoms with Crippen molar-refractivity contribution in [2.24, 2.45) is 17.8 Å². The van der Waals surface area contributed by atoms with Gasteiger partial charge in [0.15, 0.2) is 12.6 Å². The van der Waals surface area contributed by atoms with Crippen LogP contribution in [0.25, 0.3) is 0 Å². The quantitative estimate of drug-likeness (QED) is 0.0845. The normalized spacial score (nSPS) is 37.8. The molecule has 17 heteroatoms. The molecule has 0 radical (unpaired) electrons. The van der Waals surface area contributed by atoms with Gasteiger partial charge in [0.05, 0.1) is 19.8 Å². The van der Waals surface area contributed by atoms with Crippen LogP contribution < -0.4 is 9.47 Å². The Morgan fingerprint density at radius 3 is 1.56 bits per heavy atom. The molecule has 2 unspecified atom stereocenters. The van der Waals surface area contributed by atoms with Gasteiger partial charge in [-0.3, -0.25) is 0 Å². The minimum atomic E-state index is -1.93. The molecule has 5 rings (SSSR count). The average molecular weight is 917 g/mol. The van der Waals surface area contributed by atoms with Gasteiger partial charge in [0.2, 0.25) is 6.29 Å². The highest BCUT2D eigenvalue weighted by Gasteiger charge is 2.54. The summed E-state index contributed by atoms with van der Waals surface area (Å²) in [4.78, 5) is 0. The Hall–Kier alpha value is -1.78. The molecule has 0 saturated carbocycles. The third kappa shape index (κ3) is 12.5. The lowest BCUT2D eigenvalue weighted by molar-refractivity contribution is -0.376. The van der Waals surface area contributed by atoms with E-state index in [1.807, 2.05) is 20.8 Å². The van der Waals surface area contributed by atoms with Crippen LogP contribution >= 0.6 is 0 Å². The van der Waals surface area contributed by atoms with Crippen LogP contribution in [-0.4, -0.2) is 169 Å². The Bertz CT molecular complexity index is 1590. The minimum absolute atomic E-state index is 0.319. The van der Waals surface area contributed by atoms with Gasteiger partial charge in [0, 0.05) is 5.56 Å². The maximum atomic E-state index is 11.4. The van der Waals surface area contributed by atoms with Crippen molar-refractivity contribution in [3.05, 3.63) is 22.3 Å². The predicted molar refractivity (Wildman–Crippen MR) is 232 cm³/mol. The molecule has 17 nitrogen and oxygen atoms in total. The predicted octanol–water partition coefficient (Wildman–Crippen LogP) is 1.96. The van der Waals surface area contributed by atoms with Crippen molar-refractivity contribution in [1.82, 2.24) is 0 Å². The molecule has 0 bridgehead atoms. The van der Waals surface area contributed by atoms with Crippen molar-refractivity contribution in [3.8, 4) is 11.5 Å². The topological polar surface area (TPSA) is 267 Å². The van der Waals surface area contributed by atoms with Crippen molar-refractivity contribution in [1.29, 1.82) is 0 Å². The number of fused-ring (bicyclic) bond motifs is 1. The summed E-state index contributed by atoms with van der Waals surface area (Å²) in [5.41, 5.74) is 3.13. The standard InChI is InChI=1S/C47H80O17/c1-23(2)12-9-13-24(3)14-10-15-25(4)16-11-18-47(8)19-17-29-28(7)40(26(5)27(6)41(29)64-47)61-45-38(56)35(53)43(31(21-49)59-45)63-46-39(57)36(54)42(32(22-50)60-46)62-44-37(55)34(52)33(51)30(20-48)58-44/h23-25,30-39,42-46,48-57H,9-22H2,1-8H3/t24-,25-,30-,31-,32-,33-,34+,35-,36-,37-,38-,39-,42-,43-,44?,45+,46?,47-/m1/s1. The third-order valence-electron chi connectivity index (χ3n) is 14.1. The van der Waals surface area contributed by atoms with Gasteiger partial charge in [0.25, 0.3) is 0 Å². The van der Waals surface area contributed by atoms with Crippen molar-refractivity contribution < 1.29 is 84.2 Å². The molecular weight excluding hydrogens is 836 g/mol. The molecular formula is C47H80O17. The molecule has 4 aliphatic heterocycles. The third-order valence-corrected chi connectivity index (χ3v) is 14.1. The monoisotopic (exact) mass is 917 g/mol. The van der Waals surface area contributed by atoms with Crippen LogP contribution in [-0.2, 0) is 30.1 Å². The van der Waals surface area contributed by atoms with Gasteiger partial charge in [0.1, 0.15) is 90.3 Å². The Labute approximate surface area is 378 Å². The molecule has 0 aliphatic carbocycles. The SMILES string of the molecule is Cc1c(C)c2c(c(C)c1O[C@@H]1O[C@H](CO)[C@@H](OC3O[C@H](CO)[C@@H](OC4O[C@H](CO)[C@@H](O)[C@H](O)[C@H]4O)[C@H](O)[C@H]3O)[C@H](O)[C@H]1O)CC[C@@](C)(CCC[C@H](C)CCC[C@H](C)CCCC(C)C)O2. The molecule has 10 N–H and O–H groups in total. The van der Waals surface area contributed by atoms with Crippen LogP contribution in [0.4, 0.5) is 0 Å². The summed E-state index contributed by atoms with van der Waals surface area (Å²) < 4.78 is 41.7. The lowest BCUT2D eigenvalue weighted by Crippen LogP contribution is -2.66. The van der Waals surface area contributed by atoms with Crippen LogP contribution in [0, 0.1) is 38.5 Å². The highest BCUT2D eigenvalue weighted by atomic mass is 16.8. The highest BCUT2D eigenvalue weighted by molar-refractivity contribution is 5.59. The van der Waals surface area contributed by atoms with Crippen LogP contribution in [0.15, 0.2) is 0 Å². The first-order chi connectivity index (χ1) is 30.2. The van der Waals surface area contributed by atoms with Gasteiger partial charge in [-0.1, -0.05) is 72.6 Å². The van der Waals surface area contributed by atoms with Crippen LogP contribution in [0.3, 0.4) is 0 Å². The molecule has 1 aromatic carbocycles. The fourth-order valence-corrected chi connectivity index (χ4v) is 9.69. The smallest absolute Gasteiger partial charge is 0.229 e. The zero-order valence-corrected chi connectivity index (χ0v) is 39.1. The molecule has 0 spiro atoms. The molecule has 3 saturated heterocycles. The zero-order chi connectivity index (χ0) is 47.2. The minimum Gasteiger partial charge on any atom is -0.487 e. The Morgan fingerprint density at radius 2 is 1.03 bits per heavy atom. The maximum Gasteiger partial charge on any atom is 0.229 e. The Kier molecular flexibility index (Phi) is 19.5. The molecule has 0 aromatic heterocycles. The van der Waals surface area contributed by atoms with E-state index in [4.69, 9.17) is 33.2 Å². The number of hydrogen-bond donors (Lipinski definition) is 10. The summed E-state index contributed by atoms with van der Waals surface area (Å²) in [6, 6.07) is 0. The molecule has 4 aliphatic rings. The number of rotatable bonds is 21. The molecule has 3 fully saturated rings. The molecule has 0 amide bonds. The second-order valence-electron chi connectivity index (χ2n) is 19.9. The summed E-state index contributed by atoms with van der Waals surface area (Å²) in [7, 11) is 0. The first kappa shape index (κ1) is 53.2. The number of ether oxygens (including phenoxy) is 7. The second-order valence-corrected chi connectivity index (χ2v) is 19.9. The summed E-state index contributed by atoms with van der Waals surface area (Å²) in [5.74, 6) is 3.51. The lowest BCUT2D eigenvalue weighted by atomic mass is 9.83. The van der Waals surface area contributed by atoms with Crippen LogP contribution in [0.1, 0.15) is 121 Å². The first-order valence-electron chi connectivity index (χ1n) is 23.6. The van der Waals surface area contributed by atoms with Gasteiger partial charge in [-0.2, -0.15) is 0 Å². The Balaban J connectivity index is 1.17. The summed E-state index contributed by atoms with van der Waals surface area (Å²) in [6.45, 7) is 15.0. The molecule has 370 valence electrons. The molecule has 1 aromatic rings. The van der Waals surface area contributed by atoms with Crippen LogP contribution in [0.5, 0.6) is 11.5 Å². The number of aliphatic hydroxyl groups is 10. The van der Waals surface area contributed by atoms with E-state index in [2.05, 4.69) is 34.6 Å². The second kappa shape index (κ2) is 23.5. The average Bonchev–Trinajstić information content (AvgIpc) is 3.25. The van der Waals surface area contributed by atoms with E-state index in [0.29, 0.717) is 11.7 Å². The Morgan fingerprint density at radius 1 is 0.562 bits per heavy atom. The van der Waals surface area contributed by atoms with E-state index in [1.165, 1.54) is 38.5 Å². The number of benzene rings is 1. The van der Waals surface area contributed by atoms with E-state index in [9.17, 15) is 51.1 Å². The molecule has 64 heavy (non-hydrogen) atoms. The van der Waals surface area contributed by atoms with E-state index in [-0.39, 0.29) is 5.60 Å². The van der Waals surface area contributed by atoms with Crippen LogP contribution in [0.2, 0.25) is 0 Å². The molecule has 18 atom stereocenters. The summed E-state index contributed by atoms with van der Waals surface area (Å²) in [6.07, 6.45) is -12.3. The van der Waals surface area contributed by atoms with E-state index < -0.39 is 112 Å². The van der Waals surface area contributed by atoms with E-state index in [0.717, 1.165) is 71.9 Å². The number of hydrogen-bond acceptors (Lipinski definition) is 17. The lowest BCUT2D eigenvalue weighted by Gasteiger charge is -2.48. The summed E-state index contributed by atoms with van der Waals surface area (Å²) >= 11 is 0. The fourth-order valence-electron chi connectivity index (χ4n) is 9.69. The van der Waals surface area contributed by atoms with Crippen molar-refractivity contribution in [2.45, 2.75) is 224 Å². The van der Waals surface area contributed by atoms with Gasteiger partial charge < -0.3 is 84.2 Å². The molecule has 4 heterocycles. The van der Waals surface area contributed by atoms with E-state index >= 15 is 0 Å². The maximum absolute atomic E-state index is 11.4. The number of aliphatic hydroxyl groups excluding tert-OH is 10. The van der Waals surface area contributed by atoms with Gasteiger partial charge in [-0.25, -0.2) is 0 Å². The highest BCUT2D eigenvalue weighted by Crippen LogP contribution is 2.46. The first-order valence-corrected chi connectivity index (χ1v) is 23.6.